The van der Waals surface area contributed by atoms with Gasteiger partial charge in [-0.05, 0) is 20.3 Å². The van der Waals surface area contributed by atoms with Crippen molar-refractivity contribution in [2.75, 3.05) is 0 Å². The predicted molar refractivity (Wildman–Crippen MR) is 72.1 cm³/mol. The highest BCUT2D eigenvalue weighted by Gasteiger charge is 2.15. The van der Waals surface area contributed by atoms with Crippen molar-refractivity contribution in [2.45, 2.75) is 39.7 Å². The third-order valence-electron chi connectivity index (χ3n) is 3.32. The molecule has 1 atom stereocenters. The number of rotatable bonds is 4. The molecule has 5 nitrogen and oxygen atoms in total. The number of aryl methyl sites for hydroxylation is 2. The summed E-state index contributed by atoms with van der Waals surface area (Å²) in [6.07, 6.45) is 3.85. The zero-order valence-electron chi connectivity index (χ0n) is 11.5. The average molecular weight is 247 g/mol. The van der Waals surface area contributed by atoms with Crippen LogP contribution in [0.25, 0.3) is 11.3 Å². The van der Waals surface area contributed by atoms with Crippen LogP contribution >= 0.6 is 0 Å². The standard InChI is InChI=1S/C13H21N5/c1-5-6-10(14)13-15-7-11(16-13)12-8(2)17-18(4)9(12)3/h7,10H,5-6,14H2,1-4H3,(H,15,16). The molecule has 0 radical (unpaired) electrons. The molecule has 2 rings (SSSR count). The first-order valence-corrected chi connectivity index (χ1v) is 6.35. The second-order valence-corrected chi connectivity index (χ2v) is 4.75. The van der Waals surface area contributed by atoms with Crippen LogP contribution in [0.2, 0.25) is 0 Å². The van der Waals surface area contributed by atoms with Crippen molar-refractivity contribution in [1.82, 2.24) is 19.7 Å². The number of aromatic amines is 1. The lowest BCUT2D eigenvalue weighted by molar-refractivity contribution is 0.609. The number of hydrogen-bond acceptors (Lipinski definition) is 3. The van der Waals surface area contributed by atoms with Crippen LogP contribution in [-0.2, 0) is 7.05 Å². The van der Waals surface area contributed by atoms with Crippen LogP contribution in [0.15, 0.2) is 6.20 Å². The van der Waals surface area contributed by atoms with Crippen LogP contribution in [0.4, 0.5) is 0 Å². The molecule has 98 valence electrons. The van der Waals surface area contributed by atoms with Crippen LogP contribution in [-0.4, -0.2) is 19.7 Å². The molecule has 2 heterocycles. The Kier molecular flexibility index (Phi) is 3.52. The summed E-state index contributed by atoms with van der Waals surface area (Å²) in [5.41, 5.74) is 10.3. The molecule has 5 heteroatoms. The van der Waals surface area contributed by atoms with Crippen molar-refractivity contribution in [1.29, 1.82) is 0 Å². The predicted octanol–water partition coefficient (Wildman–Crippen LogP) is 2.23. The molecule has 0 bridgehead atoms. The van der Waals surface area contributed by atoms with E-state index >= 15 is 0 Å². The highest BCUT2D eigenvalue weighted by Crippen LogP contribution is 2.26. The van der Waals surface area contributed by atoms with Gasteiger partial charge in [-0.2, -0.15) is 5.10 Å². The number of nitrogens with zero attached hydrogens (tertiary/aromatic N) is 3. The highest BCUT2D eigenvalue weighted by atomic mass is 15.3. The first kappa shape index (κ1) is 12.8. The summed E-state index contributed by atoms with van der Waals surface area (Å²) in [7, 11) is 1.95. The lowest BCUT2D eigenvalue weighted by atomic mass is 10.1. The normalized spacial score (nSPS) is 12.9. The van der Waals surface area contributed by atoms with E-state index in [4.69, 9.17) is 5.73 Å². The van der Waals surface area contributed by atoms with E-state index in [9.17, 15) is 0 Å². The van der Waals surface area contributed by atoms with Crippen LogP contribution in [0, 0.1) is 13.8 Å². The third kappa shape index (κ3) is 2.18. The van der Waals surface area contributed by atoms with E-state index in [0.29, 0.717) is 0 Å². The van der Waals surface area contributed by atoms with E-state index in [2.05, 4.69) is 28.9 Å². The van der Waals surface area contributed by atoms with Gasteiger partial charge in [0.05, 0.1) is 23.6 Å². The van der Waals surface area contributed by atoms with E-state index in [0.717, 1.165) is 41.3 Å². The van der Waals surface area contributed by atoms with Crippen molar-refractivity contribution >= 4 is 0 Å². The molecule has 0 aliphatic heterocycles. The molecule has 0 aliphatic carbocycles. The Labute approximate surface area is 107 Å². The fourth-order valence-corrected chi connectivity index (χ4v) is 2.26. The van der Waals surface area contributed by atoms with E-state index in [-0.39, 0.29) is 6.04 Å². The fraction of sp³-hybridized carbons (Fsp3) is 0.538. The van der Waals surface area contributed by atoms with Crippen LogP contribution in [0.5, 0.6) is 0 Å². The van der Waals surface area contributed by atoms with Crippen molar-refractivity contribution in [3.8, 4) is 11.3 Å². The molecule has 0 aliphatic rings. The minimum absolute atomic E-state index is 0.0129. The number of nitrogens with two attached hydrogens (primary N) is 1. The van der Waals surface area contributed by atoms with Gasteiger partial charge < -0.3 is 10.7 Å². The average Bonchev–Trinajstić information content (AvgIpc) is 2.86. The number of H-pyrrole nitrogens is 1. The molecule has 3 N–H and O–H groups in total. The Hall–Kier alpha value is -1.62. The zero-order valence-corrected chi connectivity index (χ0v) is 11.5. The lowest BCUT2D eigenvalue weighted by Gasteiger charge is -2.06. The molecule has 0 saturated heterocycles. The Balaban J connectivity index is 2.35. The van der Waals surface area contributed by atoms with Gasteiger partial charge in [0.25, 0.3) is 0 Å². The Morgan fingerprint density at radius 1 is 1.44 bits per heavy atom. The topological polar surface area (TPSA) is 72.5 Å². The smallest absolute Gasteiger partial charge is 0.123 e. The molecule has 0 aromatic carbocycles. The highest BCUT2D eigenvalue weighted by molar-refractivity contribution is 5.64. The molecule has 0 fully saturated rings. The van der Waals surface area contributed by atoms with E-state index < -0.39 is 0 Å². The lowest BCUT2D eigenvalue weighted by Crippen LogP contribution is -2.11. The van der Waals surface area contributed by atoms with Gasteiger partial charge in [0.15, 0.2) is 0 Å². The Morgan fingerprint density at radius 3 is 2.72 bits per heavy atom. The van der Waals surface area contributed by atoms with E-state index in [1.54, 1.807) is 0 Å². The summed E-state index contributed by atoms with van der Waals surface area (Å²) in [5, 5.41) is 4.42. The minimum Gasteiger partial charge on any atom is -0.341 e. The maximum absolute atomic E-state index is 6.06. The van der Waals surface area contributed by atoms with Crippen molar-refractivity contribution < 1.29 is 0 Å². The Morgan fingerprint density at radius 2 is 2.17 bits per heavy atom. The number of hydrogen-bond donors (Lipinski definition) is 2. The monoisotopic (exact) mass is 247 g/mol. The number of imidazole rings is 1. The Bertz CT molecular complexity index is 538. The SMILES string of the molecule is CCCC(N)c1ncc(-c2c(C)nn(C)c2C)[nH]1. The van der Waals surface area contributed by atoms with Gasteiger partial charge in [0.2, 0.25) is 0 Å². The van der Waals surface area contributed by atoms with Crippen LogP contribution < -0.4 is 5.73 Å². The van der Waals surface area contributed by atoms with Gasteiger partial charge >= 0.3 is 0 Å². The third-order valence-corrected chi connectivity index (χ3v) is 3.32. The van der Waals surface area contributed by atoms with Crippen LogP contribution in [0.3, 0.4) is 0 Å². The molecule has 0 amide bonds. The molecule has 2 aromatic rings. The fourth-order valence-electron chi connectivity index (χ4n) is 2.26. The largest absolute Gasteiger partial charge is 0.341 e. The van der Waals surface area contributed by atoms with Crippen molar-refractivity contribution in [3.05, 3.63) is 23.4 Å². The van der Waals surface area contributed by atoms with Crippen molar-refractivity contribution in [2.24, 2.45) is 12.8 Å². The summed E-state index contributed by atoms with van der Waals surface area (Å²) >= 11 is 0. The molecule has 1 unspecified atom stereocenters. The van der Waals surface area contributed by atoms with Crippen molar-refractivity contribution in [3.63, 3.8) is 0 Å². The maximum atomic E-state index is 6.06. The quantitative estimate of drug-likeness (QED) is 0.870. The molecule has 0 saturated carbocycles. The first-order chi connectivity index (χ1) is 8.54. The second kappa shape index (κ2) is 4.94. The van der Waals surface area contributed by atoms with Crippen LogP contribution in [0.1, 0.15) is 43.0 Å². The van der Waals surface area contributed by atoms with E-state index in [1.807, 2.05) is 24.9 Å². The van der Waals surface area contributed by atoms with Gasteiger partial charge in [-0.25, -0.2) is 4.98 Å². The maximum Gasteiger partial charge on any atom is 0.123 e. The molecule has 0 spiro atoms. The van der Waals surface area contributed by atoms with Gasteiger partial charge in [0, 0.05) is 18.3 Å². The zero-order chi connectivity index (χ0) is 13.3. The molecular formula is C13H21N5. The molecule has 18 heavy (non-hydrogen) atoms. The number of aromatic nitrogens is 4. The summed E-state index contributed by atoms with van der Waals surface area (Å²) < 4.78 is 1.89. The van der Waals surface area contributed by atoms with Gasteiger partial charge in [-0.1, -0.05) is 13.3 Å². The molecule has 2 aromatic heterocycles. The summed E-state index contributed by atoms with van der Waals surface area (Å²) in [4.78, 5) is 7.70. The minimum atomic E-state index is -0.0129. The van der Waals surface area contributed by atoms with Gasteiger partial charge in [-0.15, -0.1) is 0 Å². The van der Waals surface area contributed by atoms with Gasteiger partial charge in [-0.3, -0.25) is 4.68 Å². The van der Waals surface area contributed by atoms with E-state index in [1.165, 1.54) is 0 Å². The summed E-state index contributed by atoms with van der Waals surface area (Å²) in [5.74, 6) is 0.856. The molecular weight excluding hydrogens is 226 g/mol. The second-order valence-electron chi connectivity index (χ2n) is 4.75. The summed E-state index contributed by atoms with van der Waals surface area (Å²) in [6, 6.07) is -0.0129. The van der Waals surface area contributed by atoms with Gasteiger partial charge in [0.1, 0.15) is 5.82 Å². The first-order valence-electron chi connectivity index (χ1n) is 6.35. The number of nitrogens with one attached hydrogen (secondary N) is 1. The summed E-state index contributed by atoms with van der Waals surface area (Å²) in [6.45, 7) is 6.19.